The van der Waals surface area contributed by atoms with Gasteiger partial charge in [0, 0.05) is 57.9 Å². The fourth-order valence-electron chi connectivity index (χ4n) is 2.20. The van der Waals surface area contributed by atoms with Gasteiger partial charge >= 0.3 is 0 Å². The van der Waals surface area contributed by atoms with E-state index in [0.717, 1.165) is 50.8 Å². The predicted octanol–water partition coefficient (Wildman–Crippen LogP) is 1.61. The summed E-state index contributed by atoms with van der Waals surface area (Å²) in [5.41, 5.74) is 0. The zero-order valence-electron chi connectivity index (χ0n) is 11.4. The van der Waals surface area contributed by atoms with Gasteiger partial charge in [-0.1, -0.05) is 0 Å². The van der Waals surface area contributed by atoms with E-state index in [1.807, 2.05) is 16.5 Å². The first-order valence-corrected chi connectivity index (χ1v) is 7.60. The molecule has 0 saturated carbocycles. The summed E-state index contributed by atoms with van der Waals surface area (Å²) in [6.07, 6.45) is 4.34. The molecule has 106 valence electrons. The number of piperazine rings is 1. The van der Waals surface area contributed by atoms with Gasteiger partial charge in [-0.2, -0.15) is 0 Å². The molecule has 6 heteroatoms. The maximum atomic E-state index is 12.0. The van der Waals surface area contributed by atoms with Crippen LogP contribution in [-0.4, -0.2) is 55.7 Å². The second-order valence-corrected chi connectivity index (χ2v) is 5.51. The van der Waals surface area contributed by atoms with Crippen LogP contribution in [0.5, 0.6) is 0 Å². The average molecular weight is 283 g/mol. The summed E-state index contributed by atoms with van der Waals surface area (Å²) in [7, 11) is 1.69. The molecule has 1 saturated heterocycles. The number of hydrogen-bond acceptors (Lipinski definition) is 5. The Morgan fingerprint density at radius 1 is 1.37 bits per heavy atom. The lowest BCUT2D eigenvalue weighted by molar-refractivity contribution is -0.131. The van der Waals surface area contributed by atoms with E-state index < -0.39 is 0 Å². The van der Waals surface area contributed by atoms with Crippen molar-refractivity contribution in [2.24, 2.45) is 0 Å². The van der Waals surface area contributed by atoms with Gasteiger partial charge in [-0.3, -0.25) is 4.79 Å². The van der Waals surface area contributed by atoms with Gasteiger partial charge in [0.15, 0.2) is 5.13 Å². The highest BCUT2D eigenvalue weighted by atomic mass is 32.1. The Bertz CT molecular complexity index is 375. The molecule has 0 aromatic carbocycles. The molecule has 0 unspecified atom stereocenters. The standard InChI is InChI=1S/C13H21N3O2S/c1-18-10-3-2-4-12(17)15-6-8-16(9-7-15)13-14-5-11-19-13/h5,11H,2-4,6-10H2,1H3. The molecular weight excluding hydrogens is 262 g/mol. The summed E-state index contributed by atoms with van der Waals surface area (Å²) in [5.74, 6) is 0.273. The smallest absolute Gasteiger partial charge is 0.222 e. The third-order valence-corrected chi connectivity index (χ3v) is 4.14. The van der Waals surface area contributed by atoms with Crippen molar-refractivity contribution >= 4 is 22.4 Å². The third kappa shape index (κ3) is 4.18. The number of thiazole rings is 1. The number of anilines is 1. The van der Waals surface area contributed by atoms with E-state index in [2.05, 4.69) is 9.88 Å². The van der Waals surface area contributed by atoms with E-state index in [4.69, 9.17) is 4.74 Å². The number of aromatic nitrogens is 1. The Balaban J connectivity index is 1.69. The molecule has 1 aromatic heterocycles. The molecule has 1 aliphatic heterocycles. The van der Waals surface area contributed by atoms with Crippen molar-refractivity contribution in [3.63, 3.8) is 0 Å². The minimum Gasteiger partial charge on any atom is -0.385 e. The van der Waals surface area contributed by atoms with Crippen molar-refractivity contribution < 1.29 is 9.53 Å². The van der Waals surface area contributed by atoms with Crippen molar-refractivity contribution in [3.05, 3.63) is 11.6 Å². The van der Waals surface area contributed by atoms with Gasteiger partial charge in [-0.15, -0.1) is 11.3 Å². The highest BCUT2D eigenvalue weighted by Crippen LogP contribution is 2.19. The second-order valence-electron chi connectivity index (χ2n) is 4.63. The lowest BCUT2D eigenvalue weighted by Gasteiger charge is -2.34. The molecule has 0 radical (unpaired) electrons. The van der Waals surface area contributed by atoms with Gasteiger partial charge in [0.25, 0.3) is 0 Å². The van der Waals surface area contributed by atoms with E-state index in [1.165, 1.54) is 0 Å². The molecule has 0 bridgehead atoms. The number of carbonyl (C=O) groups is 1. The first-order valence-electron chi connectivity index (χ1n) is 6.72. The Hall–Kier alpha value is -1.14. The van der Waals surface area contributed by atoms with Crippen molar-refractivity contribution in [2.45, 2.75) is 19.3 Å². The van der Waals surface area contributed by atoms with Gasteiger partial charge in [-0.05, 0) is 12.8 Å². The minimum atomic E-state index is 0.273. The van der Waals surface area contributed by atoms with Crippen LogP contribution in [0.25, 0.3) is 0 Å². The van der Waals surface area contributed by atoms with Crippen LogP contribution in [-0.2, 0) is 9.53 Å². The monoisotopic (exact) mass is 283 g/mol. The summed E-state index contributed by atoms with van der Waals surface area (Å²) < 4.78 is 4.99. The highest BCUT2D eigenvalue weighted by molar-refractivity contribution is 7.13. The summed E-state index contributed by atoms with van der Waals surface area (Å²) >= 11 is 1.66. The molecule has 2 heterocycles. The van der Waals surface area contributed by atoms with Crippen molar-refractivity contribution in [3.8, 4) is 0 Å². The van der Waals surface area contributed by atoms with Crippen molar-refractivity contribution in [1.82, 2.24) is 9.88 Å². The van der Waals surface area contributed by atoms with Crippen LogP contribution >= 0.6 is 11.3 Å². The third-order valence-electron chi connectivity index (χ3n) is 3.31. The molecule has 1 amide bonds. The van der Waals surface area contributed by atoms with Crippen molar-refractivity contribution in [1.29, 1.82) is 0 Å². The Labute approximate surface area is 118 Å². The summed E-state index contributed by atoms with van der Waals surface area (Å²) in [5, 5.41) is 3.05. The van der Waals surface area contributed by atoms with E-state index in [-0.39, 0.29) is 5.91 Å². The topological polar surface area (TPSA) is 45.7 Å². The highest BCUT2D eigenvalue weighted by Gasteiger charge is 2.21. The molecule has 1 aliphatic rings. The molecule has 0 N–H and O–H groups in total. The van der Waals surface area contributed by atoms with E-state index in [0.29, 0.717) is 6.42 Å². The quantitative estimate of drug-likeness (QED) is 0.744. The molecule has 19 heavy (non-hydrogen) atoms. The number of amides is 1. The molecule has 0 spiro atoms. The molecule has 5 nitrogen and oxygen atoms in total. The number of methoxy groups -OCH3 is 1. The Morgan fingerprint density at radius 3 is 2.79 bits per heavy atom. The SMILES string of the molecule is COCCCCC(=O)N1CCN(c2nccs2)CC1. The average Bonchev–Trinajstić information content (AvgIpc) is 2.98. The van der Waals surface area contributed by atoms with E-state index >= 15 is 0 Å². The molecule has 0 aliphatic carbocycles. The van der Waals surface area contributed by atoms with Crippen LogP contribution in [0.1, 0.15) is 19.3 Å². The summed E-state index contributed by atoms with van der Waals surface area (Å²) in [4.78, 5) is 20.5. The van der Waals surface area contributed by atoms with Crippen LogP contribution in [0.2, 0.25) is 0 Å². The fraction of sp³-hybridized carbons (Fsp3) is 0.692. The van der Waals surface area contributed by atoms with Crippen LogP contribution in [0, 0.1) is 0 Å². The number of hydrogen-bond donors (Lipinski definition) is 0. The van der Waals surface area contributed by atoms with Gasteiger partial charge in [-0.25, -0.2) is 4.98 Å². The predicted molar refractivity (Wildman–Crippen MR) is 76.6 cm³/mol. The summed E-state index contributed by atoms with van der Waals surface area (Å²) in [6.45, 7) is 4.13. The molecular formula is C13H21N3O2S. The van der Waals surface area contributed by atoms with Gasteiger partial charge in [0.2, 0.25) is 5.91 Å². The minimum absolute atomic E-state index is 0.273. The van der Waals surface area contributed by atoms with Crippen LogP contribution in [0.3, 0.4) is 0 Å². The first kappa shape index (κ1) is 14.3. The first-order chi connectivity index (χ1) is 9.31. The molecule has 0 atom stereocenters. The normalized spacial score (nSPS) is 15.8. The second kappa shape index (κ2) is 7.45. The fourth-order valence-corrected chi connectivity index (χ4v) is 2.90. The maximum Gasteiger partial charge on any atom is 0.222 e. The maximum absolute atomic E-state index is 12.0. The number of unbranched alkanes of at least 4 members (excludes halogenated alkanes) is 1. The number of ether oxygens (including phenoxy) is 1. The number of nitrogens with zero attached hydrogens (tertiary/aromatic N) is 3. The lowest BCUT2D eigenvalue weighted by Crippen LogP contribution is -2.48. The zero-order valence-corrected chi connectivity index (χ0v) is 12.2. The number of carbonyl (C=O) groups excluding carboxylic acids is 1. The van der Waals surface area contributed by atoms with E-state index in [9.17, 15) is 4.79 Å². The lowest BCUT2D eigenvalue weighted by atomic mass is 10.2. The van der Waals surface area contributed by atoms with Crippen LogP contribution in [0.4, 0.5) is 5.13 Å². The zero-order chi connectivity index (χ0) is 13.5. The Morgan fingerprint density at radius 2 is 2.16 bits per heavy atom. The van der Waals surface area contributed by atoms with Crippen molar-refractivity contribution in [2.75, 3.05) is 44.8 Å². The van der Waals surface area contributed by atoms with Gasteiger partial charge < -0.3 is 14.5 Å². The van der Waals surface area contributed by atoms with Crippen LogP contribution < -0.4 is 4.90 Å². The largest absolute Gasteiger partial charge is 0.385 e. The molecule has 1 fully saturated rings. The summed E-state index contributed by atoms with van der Waals surface area (Å²) in [6, 6.07) is 0. The van der Waals surface area contributed by atoms with Gasteiger partial charge in [0.05, 0.1) is 0 Å². The van der Waals surface area contributed by atoms with E-state index in [1.54, 1.807) is 18.4 Å². The number of rotatable bonds is 6. The Kier molecular flexibility index (Phi) is 5.60. The van der Waals surface area contributed by atoms with Gasteiger partial charge in [0.1, 0.15) is 0 Å². The van der Waals surface area contributed by atoms with Crippen LogP contribution in [0.15, 0.2) is 11.6 Å². The molecule has 1 aromatic rings. The molecule has 2 rings (SSSR count).